The van der Waals surface area contributed by atoms with Crippen LogP contribution in [0.1, 0.15) is 6.92 Å². The molecular formula is C10H14O5S. The molecule has 0 unspecified atom stereocenters. The summed E-state index contributed by atoms with van der Waals surface area (Å²) < 4.78 is 38.1. The third-order valence-corrected chi connectivity index (χ3v) is 3.32. The Hall–Kier alpha value is -1.27. The van der Waals surface area contributed by atoms with E-state index < -0.39 is 10.1 Å². The van der Waals surface area contributed by atoms with Crippen LogP contribution in [0.5, 0.6) is 11.5 Å². The first-order valence-corrected chi connectivity index (χ1v) is 6.07. The number of ether oxygens (including phenoxy) is 2. The van der Waals surface area contributed by atoms with Gasteiger partial charge in [-0.05, 0) is 19.1 Å². The lowest BCUT2D eigenvalue weighted by atomic mass is 10.3. The van der Waals surface area contributed by atoms with Crippen molar-refractivity contribution in [2.75, 3.05) is 20.8 Å². The number of methoxy groups -OCH3 is 2. The van der Waals surface area contributed by atoms with Crippen LogP contribution in [0.4, 0.5) is 0 Å². The predicted molar refractivity (Wildman–Crippen MR) is 58.4 cm³/mol. The highest BCUT2D eigenvalue weighted by Gasteiger charge is 2.20. The monoisotopic (exact) mass is 246 g/mol. The lowest BCUT2D eigenvalue weighted by Crippen LogP contribution is -2.08. The first-order chi connectivity index (χ1) is 7.55. The molecule has 90 valence electrons. The molecule has 0 saturated heterocycles. The Bertz CT molecular complexity index is 452. The first kappa shape index (κ1) is 12.8. The first-order valence-electron chi connectivity index (χ1n) is 4.66. The van der Waals surface area contributed by atoms with E-state index in [1.54, 1.807) is 13.0 Å². The molecule has 5 nitrogen and oxygen atoms in total. The maximum Gasteiger partial charge on any atom is 0.300 e. The van der Waals surface area contributed by atoms with E-state index in [-0.39, 0.29) is 17.3 Å². The maximum absolute atomic E-state index is 11.7. The number of hydrogen-bond acceptors (Lipinski definition) is 5. The van der Waals surface area contributed by atoms with E-state index in [0.29, 0.717) is 5.75 Å². The molecule has 0 aromatic heterocycles. The summed E-state index contributed by atoms with van der Waals surface area (Å²) >= 11 is 0. The van der Waals surface area contributed by atoms with Gasteiger partial charge in [-0.1, -0.05) is 0 Å². The summed E-state index contributed by atoms with van der Waals surface area (Å²) in [5.74, 6) is 0.660. The Labute approximate surface area is 95.1 Å². The zero-order valence-electron chi connectivity index (χ0n) is 9.39. The minimum atomic E-state index is -3.79. The van der Waals surface area contributed by atoms with Gasteiger partial charge in [0.2, 0.25) is 0 Å². The minimum Gasteiger partial charge on any atom is -0.497 e. The van der Waals surface area contributed by atoms with Crippen LogP contribution in [0, 0.1) is 0 Å². The highest BCUT2D eigenvalue weighted by Crippen LogP contribution is 2.29. The second kappa shape index (κ2) is 5.18. The molecule has 0 heterocycles. The van der Waals surface area contributed by atoms with E-state index in [9.17, 15) is 8.42 Å². The molecule has 6 heteroatoms. The largest absolute Gasteiger partial charge is 0.497 e. The number of benzene rings is 1. The van der Waals surface area contributed by atoms with Crippen molar-refractivity contribution in [3.8, 4) is 11.5 Å². The summed E-state index contributed by atoms with van der Waals surface area (Å²) in [5.41, 5.74) is 0. The van der Waals surface area contributed by atoms with Crippen molar-refractivity contribution in [3.05, 3.63) is 18.2 Å². The number of hydrogen-bond donors (Lipinski definition) is 0. The van der Waals surface area contributed by atoms with E-state index in [0.717, 1.165) is 0 Å². The second-order valence-corrected chi connectivity index (χ2v) is 4.46. The molecule has 0 radical (unpaired) electrons. The molecule has 0 N–H and O–H groups in total. The van der Waals surface area contributed by atoms with Gasteiger partial charge < -0.3 is 9.47 Å². The molecule has 0 spiro atoms. The second-order valence-electron chi connectivity index (χ2n) is 2.88. The van der Waals surface area contributed by atoms with E-state index in [1.807, 2.05) is 0 Å². The van der Waals surface area contributed by atoms with Crippen molar-refractivity contribution in [2.45, 2.75) is 11.8 Å². The van der Waals surface area contributed by atoms with E-state index in [2.05, 4.69) is 0 Å². The van der Waals surface area contributed by atoms with Crippen molar-refractivity contribution in [1.82, 2.24) is 0 Å². The summed E-state index contributed by atoms with van der Waals surface area (Å²) in [5, 5.41) is 0. The van der Waals surface area contributed by atoms with Gasteiger partial charge in [0.1, 0.15) is 16.4 Å². The highest BCUT2D eigenvalue weighted by atomic mass is 32.2. The third kappa shape index (κ3) is 2.65. The lowest BCUT2D eigenvalue weighted by molar-refractivity contribution is 0.331. The van der Waals surface area contributed by atoms with Crippen molar-refractivity contribution in [3.63, 3.8) is 0 Å². The van der Waals surface area contributed by atoms with Gasteiger partial charge in [0, 0.05) is 6.07 Å². The van der Waals surface area contributed by atoms with Crippen LogP contribution in [0.3, 0.4) is 0 Å². The molecule has 16 heavy (non-hydrogen) atoms. The SMILES string of the molecule is CCOS(=O)(=O)c1cc(OC)ccc1OC. The Morgan fingerprint density at radius 3 is 2.38 bits per heavy atom. The fourth-order valence-electron chi connectivity index (χ4n) is 1.20. The molecule has 0 amide bonds. The smallest absolute Gasteiger partial charge is 0.300 e. The molecule has 0 aliphatic carbocycles. The Kier molecular flexibility index (Phi) is 4.14. The van der Waals surface area contributed by atoms with E-state index >= 15 is 0 Å². The quantitative estimate of drug-likeness (QED) is 0.735. The van der Waals surface area contributed by atoms with Crippen LogP contribution >= 0.6 is 0 Å². The summed E-state index contributed by atoms with van der Waals surface area (Å²) in [6.45, 7) is 1.67. The summed E-state index contributed by atoms with van der Waals surface area (Å²) in [6.07, 6.45) is 0. The van der Waals surface area contributed by atoms with Crippen molar-refractivity contribution in [2.24, 2.45) is 0 Å². The summed E-state index contributed by atoms with van der Waals surface area (Å²) in [6, 6.07) is 4.50. The number of rotatable bonds is 5. The fourth-order valence-corrected chi connectivity index (χ4v) is 2.29. The summed E-state index contributed by atoms with van der Waals surface area (Å²) in [7, 11) is -0.938. The van der Waals surface area contributed by atoms with Crippen LogP contribution in [0.25, 0.3) is 0 Å². The zero-order chi connectivity index (χ0) is 12.2. The average Bonchev–Trinajstić information content (AvgIpc) is 2.28. The Morgan fingerprint density at radius 1 is 1.19 bits per heavy atom. The molecule has 0 bridgehead atoms. The van der Waals surface area contributed by atoms with Crippen LogP contribution in [0.15, 0.2) is 23.1 Å². The maximum atomic E-state index is 11.7. The van der Waals surface area contributed by atoms with Gasteiger partial charge in [-0.25, -0.2) is 0 Å². The molecule has 0 aliphatic rings. The molecule has 0 fully saturated rings. The summed E-state index contributed by atoms with van der Waals surface area (Å²) in [4.78, 5) is -0.0313. The standard InChI is InChI=1S/C10H14O5S/c1-4-15-16(11,12)10-7-8(13-2)5-6-9(10)14-3/h5-7H,4H2,1-3H3. The lowest BCUT2D eigenvalue weighted by Gasteiger charge is -2.10. The predicted octanol–water partition coefficient (Wildman–Crippen LogP) is 1.43. The van der Waals surface area contributed by atoms with Crippen LogP contribution in [-0.4, -0.2) is 29.2 Å². The van der Waals surface area contributed by atoms with Crippen molar-refractivity contribution >= 4 is 10.1 Å². The van der Waals surface area contributed by atoms with Gasteiger partial charge in [-0.2, -0.15) is 8.42 Å². The molecule has 1 rings (SSSR count). The topological polar surface area (TPSA) is 61.8 Å². The van der Waals surface area contributed by atoms with E-state index in [4.69, 9.17) is 13.7 Å². The van der Waals surface area contributed by atoms with Gasteiger partial charge in [0.05, 0.1) is 20.8 Å². The average molecular weight is 246 g/mol. The fraction of sp³-hybridized carbons (Fsp3) is 0.400. The molecule has 0 saturated carbocycles. The van der Waals surface area contributed by atoms with Gasteiger partial charge in [-0.3, -0.25) is 4.18 Å². The van der Waals surface area contributed by atoms with Gasteiger partial charge in [-0.15, -0.1) is 0 Å². The van der Waals surface area contributed by atoms with Gasteiger partial charge in [0.15, 0.2) is 0 Å². The van der Waals surface area contributed by atoms with Crippen LogP contribution in [0.2, 0.25) is 0 Å². The zero-order valence-corrected chi connectivity index (χ0v) is 10.2. The van der Waals surface area contributed by atoms with Gasteiger partial charge >= 0.3 is 10.1 Å². The molecule has 0 aliphatic heterocycles. The molecule has 1 aromatic rings. The van der Waals surface area contributed by atoms with Crippen LogP contribution < -0.4 is 9.47 Å². The van der Waals surface area contributed by atoms with Crippen molar-refractivity contribution in [1.29, 1.82) is 0 Å². The Morgan fingerprint density at radius 2 is 1.88 bits per heavy atom. The Balaban J connectivity index is 3.29. The third-order valence-electron chi connectivity index (χ3n) is 1.91. The van der Waals surface area contributed by atoms with Crippen molar-refractivity contribution < 1.29 is 22.1 Å². The van der Waals surface area contributed by atoms with Gasteiger partial charge in [0.25, 0.3) is 0 Å². The molecular weight excluding hydrogens is 232 g/mol. The minimum absolute atomic E-state index is 0.0313. The highest BCUT2D eigenvalue weighted by molar-refractivity contribution is 7.86. The van der Waals surface area contributed by atoms with E-state index in [1.165, 1.54) is 26.4 Å². The molecule has 0 atom stereocenters. The normalized spacial score (nSPS) is 11.2. The van der Waals surface area contributed by atoms with Crippen LogP contribution in [-0.2, 0) is 14.3 Å². The molecule has 1 aromatic carbocycles.